The topological polar surface area (TPSA) is 39.2 Å². The van der Waals surface area contributed by atoms with Gasteiger partial charge >= 0.3 is 12.1 Å². The molecule has 2 N–H and O–H groups in total. The van der Waals surface area contributed by atoms with Crippen molar-refractivity contribution in [3.05, 3.63) is 23.7 Å². The normalized spacial score (nSPS) is 14.4. The van der Waals surface area contributed by atoms with E-state index in [1.54, 1.807) is 0 Å². The van der Waals surface area contributed by atoms with Crippen molar-refractivity contribution in [1.82, 2.24) is 0 Å². The molecule has 0 aromatic carbocycles. The fraction of sp³-hybridized carbons (Fsp3) is 0.500. The molecule has 0 aliphatic rings. The summed E-state index contributed by atoms with van der Waals surface area (Å²) in [6.45, 7) is 1.42. The van der Waals surface area contributed by atoms with Crippen LogP contribution in [0.4, 0.5) is 22.0 Å². The highest BCUT2D eigenvalue weighted by Crippen LogP contribution is 2.43. The number of alkyl halides is 5. The summed E-state index contributed by atoms with van der Waals surface area (Å²) in [5, 5.41) is 0. The highest BCUT2D eigenvalue weighted by Gasteiger charge is 2.62. The number of rotatable bonds is 2. The zero-order valence-corrected chi connectivity index (χ0v) is 8.83. The van der Waals surface area contributed by atoms with E-state index in [-0.39, 0.29) is 18.2 Å². The van der Waals surface area contributed by atoms with Crippen molar-refractivity contribution < 1.29 is 26.4 Å². The molecule has 0 saturated heterocycles. The number of furan rings is 1. The maximum Gasteiger partial charge on any atom is 0.455 e. The molecule has 0 fully saturated rings. The van der Waals surface area contributed by atoms with Gasteiger partial charge in [-0.3, -0.25) is 0 Å². The lowest BCUT2D eigenvalue weighted by molar-refractivity contribution is -0.292. The van der Waals surface area contributed by atoms with E-state index in [4.69, 9.17) is 5.73 Å². The van der Waals surface area contributed by atoms with E-state index in [0.29, 0.717) is 0 Å². The zero-order valence-electron chi connectivity index (χ0n) is 8.02. The summed E-state index contributed by atoms with van der Waals surface area (Å²) in [6, 6.07) is -0.257. The van der Waals surface area contributed by atoms with E-state index in [2.05, 4.69) is 4.42 Å². The van der Waals surface area contributed by atoms with Gasteiger partial charge < -0.3 is 10.2 Å². The summed E-state index contributed by atoms with van der Waals surface area (Å²) in [5.74, 6) is -5.37. The highest BCUT2D eigenvalue weighted by molar-refractivity contribution is 5.85. The summed E-state index contributed by atoms with van der Waals surface area (Å²) < 4.78 is 65.8. The van der Waals surface area contributed by atoms with E-state index in [1.165, 1.54) is 13.0 Å². The van der Waals surface area contributed by atoms with Crippen LogP contribution in [0.1, 0.15) is 17.6 Å². The lowest BCUT2D eigenvalue weighted by Crippen LogP contribution is -2.45. The maximum atomic E-state index is 12.7. The van der Waals surface area contributed by atoms with Crippen molar-refractivity contribution in [3.63, 3.8) is 0 Å². The summed E-state index contributed by atoms with van der Waals surface area (Å²) in [7, 11) is 0. The van der Waals surface area contributed by atoms with Gasteiger partial charge in [0.25, 0.3) is 0 Å². The Kier molecular flexibility index (Phi) is 4.35. The number of nitrogens with two attached hydrogens (primary N) is 1. The van der Waals surface area contributed by atoms with Gasteiger partial charge in [0.1, 0.15) is 17.6 Å². The number of halogens is 6. The van der Waals surface area contributed by atoms with Crippen LogP contribution in [-0.4, -0.2) is 12.1 Å². The van der Waals surface area contributed by atoms with E-state index in [0.717, 1.165) is 6.07 Å². The van der Waals surface area contributed by atoms with Crippen LogP contribution in [0.2, 0.25) is 0 Å². The summed E-state index contributed by atoms with van der Waals surface area (Å²) in [4.78, 5) is 0. The molecule has 1 aromatic rings. The minimum atomic E-state index is -5.69. The van der Waals surface area contributed by atoms with Crippen LogP contribution in [-0.2, 0) is 0 Å². The summed E-state index contributed by atoms with van der Waals surface area (Å²) >= 11 is 0. The Bertz CT molecular complexity index is 348. The summed E-state index contributed by atoms with van der Waals surface area (Å²) in [5.41, 5.74) is 4.81. The van der Waals surface area contributed by atoms with E-state index >= 15 is 0 Å². The first-order chi connectivity index (χ1) is 6.66. The van der Waals surface area contributed by atoms with Gasteiger partial charge in [-0.25, -0.2) is 0 Å². The quantitative estimate of drug-likeness (QED) is 0.834. The molecule has 0 aliphatic heterocycles. The van der Waals surface area contributed by atoms with Gasteiger partial charge in [-0.05, 0) is 19.1 Å². The smallest absolute Gasteiger partial charge is 0.455 e. The Labute approximate surface area is 94.0 Å². The molecule has 94 valence electrons. The van der Waals surface area contributed by atoms with Crippen molar-refractivity contribution in [2.45, 2.75) is 25.1 Å². The first kappa shape index (κ1) is 15.2. The van der Waals surface area contributed by atoms with Gasteiger partial charge in [-0.15, -0.1) is 12.4 Å². The van der Waals surface area contributed by atoms with Gasteiger partial charge in [-0.2, -0.15) is 22.0 Å². The second kappa shape index (κ2) is 4.58. The van der Waals surface area contributed by atoms with Crippen LogP contribution >= 0.6 is 12.4 Å². The lowest BCUT2D eigenvalue weighted by Gasteiger charge is -2.24. The van der Waals surface area contributed by atoms with Crippen molar-refractivity contribution >= 4 is 12.4 Å². The molecule has 1 atom stereocenters. The first-order valence-corrected chi connectivity index (χ1v) is 3.92. The van der Waals surface area contributed by atoms with Gasteiger partial charge in [0.05, 0.1) is 0 Å². The molecule has 0 bridgehead atoms. The van der Waals surface area contributed by atoms with E-state index in [1.807, 2.05) is 0 Å². The van der Waals surface area contributed by atoms with E-state index < -0.39 is 23.9 Å². The van der Waals surface area contributed by atoms with Crippen LogP contribution in [0, 0.1) is 6.92 Å². The minimum Gasteiger partial charge on any atom is -0.464 e. The second-order valence-electron chi connectivity index (χ2n) is 3.05. The maximum absolute atomic E-state index is 12.7. The van der Waals surface area contributed by atoms with Gasteiger partial charge in [0.2, 0.25) is 0 Å². The molecule has 16 heavy (non-hydrogen) atoms. The third-order valence-corrected chi connectivity index (χ3v) is 1.84. The molecule has 1 heterocycles. The van der Waals surface area contributed by atoms with Crippen LogP contribution in [0.15, 0.2) is 16.5 Å². The highest BCUT2D eigenvalue weighted by atomic mass is 35.5. The molecule has 2 nitrogen and oxygen atoms in total. The molecule has 0 radical (unpaired) electrons. The third kappa shape index (κ3) is 2.65. The van der Waals surface area contributed by atoms with Crippen LogP contribution in [0.3, 0.4) is 0 Å². The Morgan fingerprint density at radius 1 is 1.19 bits per heavy atom. The van der Waals surface area contributed by atoms with Gasteiger partial charge in [0.15, 0.2) is 0 Å². The molecular formula is C8H9ClF5NO. The average molecular weight is 266 g/mol. The first-order valence-electron chi connectivity index (χ1n) is 3.92. The molecule has 0 amide bonds. The molecule has 0 unspecified atom stereocenters. The van der Waals surface area contributed by atoms with Crippen LogP contribution < -0.4 is 5.73 Å². The van der Waals surface area contributed by atoms with Crippen molar-refractivity contribution in [2.75, 3.05) is 0 Å². The Morgan fingerprint density at radius 3 is 2.00 bits per heavy atom. The fourth-order valence-corrected chi connectivity index (χ4v) is 0.976. The SMILES string of the molecule is Cc1ccc([C@@H](N)C(F)(F)C(F)(F)F)o1.Cl. The predicted octanol–water partition coefficient (Wildman–Crippen LogP) is 3.21. The standard InChI is InChI=1S/C8H8F5NO.ClH/c1-4-2-3-5(15-4)6(14)7(9,10)8(11,12)13;/h2-3,6H,14H2,1H3;1H/t6-;/m1./s1. The molecule has 0 saturated carbocycles. The number of hydrogen-bond acceptors (Lipinski definition) is 2. The zero-order chi connectivity index (χ0) is 11.9. The van der Waals surface area contributed by atoms with Gasteiger partial charge in [-0.1, -0.05) is 0 Å². The predicted molar refractivity (Wildman–Crippen MR) is 48.6 cm³/mol. The van der Waals surface area contributed by atoms with Crippen molar-refractivity contribution in [3.8, 4) is 0 Å². The average Bonchev–Trinajstić information content (AvgIpc) is 2.48. The fourth-order valence-electron chi connectivity index (χ4n) is 0.976. The van der Waals surface area contributed by atoms with Crippen molar-refractivity contribution in [1.29, 1.82) is 0 Å². The largest absolute Gasteiger partial charge is 0.464 e. The summed E-state index contributed by atoms with van der Waals surface area (Å²) in [6.07, 6.45) is -5.69. The lowest BCUT2D eigenvalue weighted by atomic mass is 10.1. The molecule has 1 aromatic heterocycles. The molecule has 8 heteroatoms. The molecular weight excluding hydrogens is 257 g/mol. The number of aryl methyl sites for hydroxylation is 1. The third-order valence-electron chi connectivity index (χ3n) is 1.84. The van der Waals surface area contributed by atoms with Crippen LogP contribution in [0.5, 0.6) is 0 Å². The molecule has 0 aliphatic carbocycles. The molecule has 0 spiro atoms. The minimum absolute atomic E-state index is 0. The Morgan fingerprint density at radius 2 is 1.69 bits per heavy atom. The monoisotopic (exact) mass is 265 g/mol. The number of hydrogen-bond donors (Lipinski definition) is 1. The Balaban J connectivity index is 0.00000225. The Hall–Kier alpha value is -0.820. The van der Waals surface area contributed by atoms with Crippen LogP contribution in [0.25, 0.3) is 0 Å². The molecule has 1 rings (SSSR count). The van der Waals surface area contributed by atoms with E-state index in [9.17, 15) is 22.0 Å². The van der Waals surface area contributed by atoms with Crippen molar-refractivity contribution in [2.24, 2.45) is 5.73 Å². The second-order valence-corrected chi connectivity index (χ2v) is 3.05. The van der Waals surface area contributed by atoms with Gasteiger partial charge in [0, 0.05) is 0 Å².